The second kappa shape index (κ2) is 11.3. The van der Waals surface area contributed by atoms with E-state index in [2.05, 4.69) is 15.2 Å². The molecule has 0 saturated heterocycles. The molecule has 0 amide bonds. The molecule has 2 N–H and O–H groups in total. The summed E-state index contributed by atoms with van der Waals surface area (Å²) in [7, 11) is -4.75. The van der Waals surface area contributed by atoms with E-state index in [0.29, 0.717) is 27.9 Å². The Morgan fingerprint density at radius 1 is 0.789 bits per heavy atom. The number of azo groups is 1. The van der Waals surface area contributed by atoms with Crippen LogP contribution < -0.4 is 35.3 Å². The third kappa shape index (κ3) is 5.72. The van der Waals surface area contributed by atoms with E-state index in [-0.39, 0.29) is 52.1 Å². The van der Waals surface area contributed by atoms with Crippen LogP contribution >= 0.6 is 0 Å². The summed E-state index contributed by atoms with van der Waals surface area (Å²) in [4.78, 5) is 16.6. The van der Waals surface area contributed by atoms with Gasteiger partial charge in [0.2, 0.25) is 0 Å². The Bertz CT molecular complexity index is 1760. The zero-order valence-electron chi connectivity index (χ0n) is 20.3. The number of pyridine rings is 1. The summed E-state index contributed by atoms with van der Waals surface area (Å²) in [5.74, 6) is -0.0585. The zero-order valence-corrected chi connectivity index (χ0v) is 23.1. The van der Waals surface area contributed by atoms with E-state index in [9.17, 15) is 17.8 Å². The van der Waals surface area contributed by atoms with Crippen LogP contribution in [0.15, 0.2) is 118 Å². The van der Waals surface area contributed by atoms with Crippen molar-refractivity contribution in [2.24, 2.45) is 10.2 Å². The van der Waals surface area contributed by atoms with E-state index in [1.54, 1.807) is 54.6 Å². The number of nitrogens with two attached hydrogens (primary N) is 1. The summed E-state index contributed by atoms with van der Waals surface area (Å²) in [5.41, 5.74) is 9.54. The standard InChI is InChI=1S/C28H20N4O4S.Na/c29-27-23-9-5-4-8-22(23)26(37(34,35)36)16-25(27)32-31-21-14-15-24(30-17-21)18-10-12-20(13-11-18)28(33)19-6-2-1-3-7-19;/h1-17H,29H2,(H,34,35,36);/q;+1/p-1. The number of aromatic nitrogens is 1. The maximum atomic E-state index is 12.6. The molecule has 182 valence electrons. The van der Waals surface area contributed by atoms with Gasteiger partial charge in [-0.15, -0.1) is 10.2 Å². The molecule has 0 radical (unpaired) electrons. The number of rotatable bonds is 6. The van der Waals surface area contributed by atoms with Crippen molar-refractivity contribution in [2.75, 3.05) is 5.73 Å². The fraction of sp³-hybridized carbons (Fsp3) is 0. The van der Waals surface area contributed by atoms with E-state index in [1.807, 2.05) is 30.3 Å². The summed E-state index contributed by atoms with van der Waals surface area (Å²) in [6, 6.07) is 27.2. The SMILES string of the molecule is Nc1c(N=Nc2ccc(-c3ccc(C(=O)c4ccccc4)cc3)nc2)cc(S(=O)(=O)[O-])c2ccccc12.[Na+]. The van der Waals surface area contributed by atoms with Gasteiger partial charge in [-0.3, -0.25) is 9.78 Å². The van der Waals surface area contributed by atoms with Crippen molar-refractivity contribution in [1.82, 2.24) is 4.98 Å². The number of carbonyl (C=O) groups excluding carboxylic acids is 1. The number of fused-ring (bicyclic) bond motifs is 1. The Morgan fingerprint density at radius 3 is 2.05 bits per heavy atom. The number of benzene rings is 4. The van der Waals surface area contributed by atoms with E-state index in [0.717, 1.165) is 11.6 Å². The Labute approximate surface area is 241 Å². The molecule has 0 aliphatic carbocycles. The normalized spacial score (nSPS) is 11.4. The molecular weight excluding hydrogens is 511 g/mol. The summed E-state index contributed by atoms with van der Waals surface area (Å²) in [5, 5.41) is 8.83. The molecule has 0 aliphatic rings. The Morgan fingerprint density at radius 2 is 1.42 bits per heavy atom. The largest absolute Gasteiger partial charge is 1.00 e. The Balaban J connectivity index is 0.00000336. The van der Waals surface area contributed by atoms with Gasteiger partial charge >= 0.3 is 29.6 Å². The molecule has 0 saturated carbocycles. The van der Waals surface area contributed by atoms with Gasteiger partial charge in [-0.05, 0) is 18.2 Å². The predicted octanol–water partition coefficient (Wildman–Crippen LogP) is 3.04. The molecule has 0 spiro atoms. The van der Waals surface area contributed by atoms with Gasteiger partial charge < -0.3 is 10.3 Å². The molecule has 0 unspecified atom stereocenters. The van der Waals surface area contributed by atoms with Gasteiger partial charge in [0.1, 0.15) is 21.5 Å². The Hall–Kier alpha value is -3.73. The number of ketones is 1. The van der Waals surface area contributed by atoms with Gasteiger partial charge in [-0.25, -0.2) is 8.42 Å². The first-order chi connectivity index (χ1) is 17.8. The van der Waals surface area contributed by atoms with Crippen molar-refractivity contribution in [3.8, 4) is 11.3 Å². The van der Waals surface area contributed by atoms with Crippen molar-refractivity contribution in [1.29, 1.82) is 0 Å². The van der Waals surface area contributed by atoms with E-state index < -0.39 is 15.0 Å². The van der Waals surface area contributed by atoms with Gasteiger partial charge in [-0.2, -0.15) is 0 Å². The molecule has 0 bridgehead atoms. The predicted molar refractivity (Wildman–Crippen MR) is 140 cm³/mol. The summed E-state index contributed by atoms with van der Waals surface area (Å²) < 4.78 is 35.4. The van der Waals surface area contributed by atoms with E-state index in [1.165, 1.54) is 12.3 Å². The van der Waals surface area contributed by atoms with E-state index >= 15 is 0 Å². The van der Waals surface area contributed by atoms with E-state index in [4.69, 9.17) is 5.73 Å². The topological polar surface area (TPSA) is 138 Å². The fourth-order valence-electron chi connectivity index (χ4n) is 3.92. The maximum absolute atomic E-state index is 12.6. The molecule has 0 aliphatic heterocycles. The molecule has 0 fully saturated rings. The second-order valence-electron chi connectivity index (χ2n) is 8.18. The first-order valence-electron chi connectivity index (χ1n) is 11.2. The van der Waals surface area contributed by atoms with Gasteiger partial charge in [-0.1, -0.05) is 78.9 Å². The van der Waals surface area contributed by atoms with Crippen LogP contribution in [0.1, 0.15) is 15.9 Å². The fourth-order valence-corrected chi connectivity index (χ4v) is 4.62. The molecule has 1 heterocycles. The van der Waals surface area contributed by atoms with Crippen molar-refractivity contribution in [2.45, 2.75) is 4.90 Å². The van der Waals surface area contributed by atoms with Crippen LogP contribution in [-0.4, -0.2) is 23.7 Å². The van der Waals surface area contributed by atoms with Crippen molar-refractivity contribution in [3.05, 3.63) is 114 Å². The van der Waals surface area contributed by atoms with Crippen LogP contribution in [-0.2, 0) is 10.1 Å². The smallest absolute Gasteiger partial charge is 0.744 e. The number of hydrogen-bond donors (Lipinski definition) is 1. The number of hydrogen-bond acceptors (Lipinski definition) is 8. The monoisotopic (exact) mass is 530 g/mol. The third-order valence-corrected chi connectivity index (χ3v) is 6.67. The van der Waals surface area contributed by atoms with Crippen LogP contribution in [0.4, 0.5) is 17.1 Å². The Kier molecular flexibility index (Phi) is 8.15. The first-order valence-corrected chi connectivity index (χ1v) is 12.6. The third-order valence-electron chi connectivity index (χ3n) is 5.80. The molecule has 38 heavy (non-hydrogen) atoms. The average Bonchev–Trinajstić information content (AvgIpc) is 2.92. The summed E-state index contributed by atoms with van der Waals surface area (Å²) in [6.07, 6.45) is 1.50. The number of nitrogen functional groups attached to an aromatic ring is 1. The quantitative estimate of drug-likeness (QED) is 0.118. The van der Waals surface area contributed by atoms with Crippen LogP contribution in [0.2, 0.25) is 0 Å². The van der Waals surface area contributed by atoms with Crippen molar-refractivity contribution in [3.63, 3.8) is 0 Å². The summed E-state index contributed by atoms with van der Waals surface area (Å²) >= 11 is 0. The van der Waals surface area contributed by atoms with Gasteiger partial charge in [0.05, 0.1) is 22.5 Å². The van der Waals surface area contributed by atoms with Gasteiger partial charge in [0, 0.05) is 27.5 Å². The minimum atomic E-state index is -4.75. The van der Waals surface area contributed by atoms with Crippen molar-refractivity contribution < 1.29 is 47.3 Å². The van der Waals surface area contributed by atoms with Gasteiger partial charge in [0.25, 0.3) is 0 Å². The first kappa shape index (κ1) is 27.3. The number of anilines is 1. The van der Waals surface area contributed by atoms with Crippen LogP contribution in [0.5, 0.6) is 0 Å². The molecule has 10 heteroatoms. The molecule has 5 rings (SSSR count). The molecular formula is C28H19N4NaO4S. The van der Waals surface area contributed by atoms with Crippen LogP contribution in [0.25, 0.3) is 22.0 Å². The molecule has 4 aromatic carbocycles. The maximum Gasteiger partial charge on any atom is 1.00 e. The van der Waals surface area contributed by atoms with Gasteiger partial charge in [0.15, 0.2) is 5.78 Å². The summed E-state index contributed by atoms with van der Waals surface area (Å²) in [6.45, 7) is 0. The zero-order chi connectivity index (χ0) is 26.0. The number of nitrogens with zero attached hydrogens (tertiary/aromatic N) is 3. The van der Waals surface area contributed by atoms with Crippen LogP contribution in [0, 0.1) is 0 Å². The molecule has 0 atom stereocenters. The minimum Gasteiger partial charge on any atom is -0.744 e. The minimum absolute atomic E-state index is 0. The molecule has 8 nitrogen and oxygen atoms in total. The van der Waals surface area contributed by atoms with Crippen molar-refractivity contribution >= 4 is 43.7 Å². The number of carbonyl (C=O) groups is 1. The second-order valence-corrected chi connectivity index (χ2v) is 9.53. The molecule has 1 aromatic heterocycles. The average molecular weight is 531 g/mol. The molecule has 5 aromatic rings. The van der Waals surface area contributed by atoms with Crippen LogP contribution in [0.3, 0.4) is 0 Å².